The minimum Gasteiger partial charge on any atom is -0.508 e. The number of hydrogen-bond acceptors (Lipinski definition) is 6. The van der Waals surface area contributed by atoms with Crippen molar-refractivity contribution in [1.29, 1.82) is 0 Å². The number of hydrogen-bond donors (Lipinski definition) is 1. The van der Waals surface area contributed by atoms with Crippen LogP contribution in [0.5, 0.6) is 17.2 Å². The van der Waals surface area contributed by atoms with E-state index in [1.807, 2.05) is 0 Å². The van der Waals surface area contributed by atoms with Crippen molar-refractivity contribution in [1.82, 2.24) is 0 Å². The van der Waals surface area contributed by atoms with Gasteiger partial charge in [-0.25, -0.2) is 0 Å². The summed E-state index contributed by atoms with van der Waals surface area (Å²) in [5.74, 6) is 0.396. The van der Waals surface area contributed by atoms with E-state index < -0.39 is 14.2 Å². The van der Waals surface area contributed by atoms with Gasteiger partial charge in [-0.15, -0.1) is 6.58 Å². The van der Waals surface area contributed by atoms with Crippen molar-refractivity contribution < 1.29 is 23.9 Å². The Morgan fingerprint density at radius 1 is 1.36 bits per heavy atom. The van der Waals surface area contributed by atoms with Crippen molar-refractivity contribution in [3.05, 3.63) is 40.5 Å². The van der Waals surface area contributed by atoms with Crippen molar-refractivity contribution >= 4 is 8.32 Å². The number of nitrogens with zero attached hydrogens (tertiary/aromatic N) is 1. The monoisotopic (exact) mass is 409 g/mol. The molecule has 1 aromatic carbocycles. The molecule has 0 aliphatic carbocycles. The average molecular weight is 410 g/mol. The maximum absolute atomic E-state index is 11.3. The van der Waals surface area contributed by atoms with Crippen LogP contribution in [0, 0.1) is 10.1 Å². The normalized spacial score (nSPS) is 15.9. The molecule has 0 saturated heterocycles. The summed E-state index contributed by atoms with van der Waals surface area (Å²) >= 11 is 0. The minimum atomic E-state index is -2.07. The van der Waals surface area contributed by atoms with Crippen LogP contribution < -0.4 is 9.47 Å². The van der Waals surface area contributed by atoms with E-state index >= 15 is 0 Å². The lowest BCUT2D eigenvalue weighted by Gasteiger charge is -2.39. The fourth-order valence-electron chi connectivity index (χ4n) is 3.04. The first-order chi connectivity index (χ1) is 12.9. The van der Waals surface area contributed by atoms with E-state index in [0.717, 1.165) is 0 Å². The summed E-state index contributed by atoms with van der Waals surface area (Å²) in [5, 5.41) is 21.8. The lowest BCUT2D eigenvalue weighted by Crippen LogP contribution is -2.44. The van der Waals surface area contributed by atoms with Crippen LogP contribution >= 0.6 is 0 Å². The van der Waals surface area contributed by atoms with Crippen molar-refractivity contribution in [2.75, 3.05) is 13.3 Å². The number of fused-ring (bicyclic) bond motifs is 1. The molecule has 0 spiro atoms. The highest BCUT2D eigenvalue weighted by atomic mass is 28.4. The lowest BCUT2D eigenvalue weighted by atomic mass is 9.91. The van der Waals surface area contributed by atoms with Gasteiger partial charge < -0.3 is 19.0 Å². The number of phenols is 1. The topological polar surface area (TPSA) is 91.1 Å². The van der Waals surface area contributed by atoms with Crippen molar-refractivity contribution in [2.24, 2.45) is 0 Å². The highest BCUT2D eigenvalue weighted by Gasteiger charge is 2.40. The van der Waals surface area contributed by atoms with Crippen LogP contribution in [0.3, 0.4) is 0 Å². The molecular weight excluding hydrogens is 378 g/mol. The zero-order chi connectivity index (χ0) is 21.1. The van der Waals surface area contributed by atoms with E-state index in [1.165, 1.54) is 6.07 Å². The van der Waals surface area contributed by atoms with E-state index in [4.69, 9.17) is 13.9 Å². The zero-order valence-electron chi connectivity index (χ0n) is 17.4. The van der Waals surface area contributed by atoms with Gasteiger partial charge in [-0.2, -0.15) is 0 Å². The van der Waals surface area contributed by atoms with E-state index in [2.05, 4.69) is 40.4 Å². The van der Waals surface area contributed by atoms with Gasteiger partial charge in [-0.05, 0) is 37.0 Å². The molecule has 0 amide bonds. The minimum absolute atomic E-state index is 0.0197. The van der Waals surface area contributed by atoms with E-state index in [1.54, 1.807) is 12.1 Å². The molecule has 156 valence electrons. The third-order valence-electron chi connectivity index (χ3n) is 5.58. The fourth-order valence-corrected chi connectivity index (χ4v) is 4.42. The molecule has 1 aromatic rings. The Balaban J connectivity index is 2.31. The van der Waals surface area contributed by atoms with Gasteiger partial charge in [-0.1, -0.05) is 26.8 Å². The van der Waals surface area contributed by atoms with Crippen molar-refractivity contribution in [3.8, 4) is 17.2 Å². The summed E-state index contributed by atoms with van der Waals surface area (Å²) < 4.78 is 17.2. The van der Waals surface area contributed by atoms with Gasteiger partial charge in [0.05, 0.1) is 5.92 Å². The highest BCUT2D eigenvalue weighted by Crippen LogP contribution is 2.43. The molecule has 28 heavy (non-hydrogen) atoms. The Morgan fingerprint density at radius 3 is 2.50 bits per heavy atom. The summed E-state index contributed by atoms with van der Waals surface area (Å²) in [4.78, 5) is 11.0. The fraction of sp³-hybridized carbons (Fsp3) is 0.600. The predicted octanol–water partition coefficient (Wildman–Crippen LogP) is 4.84. The van der Waals surface area contributed by atoms with Crippen LogP contribution in [0.4, 0.5) is 0 Å². The Morgan fingerprint density at radius 2 is 1.96 bits per heavy atom. The zero-order valence-corrected chi connectivity index (χ0v) is 18.4. The summed E-state index contributed by atoms with van der Waals surface area (Å²) in [6.07, 6.45) is 2.56. The largest absolute Gasteiger partial charge is 0.508 e. The van der Waals surface area contributed by atoms with Gasteiger partial charge in [0.15, 0.2) is 19.8 Å². The molecule has 2 rings (SSSR count). The molecule has 1 aliphatic rings. The van der Waals surface area contributed by atoms with Crippen LogP contribution in [0.2, 0.25) is 18.1 Å². The first-order valence-electron chi connectivity index (χ1n) is 9.47. The maximum Gasteiger partial charge on any atom is 0.231 e. The third kappa shape index (κ3) is 5.26. The van der Waals surface area contributed by atoms with Crippen LogP contribution in [0.25, 0.3) is 0 Å². The van der Waals surface area contributed by atoms with Crippen LogP contribution in [-0.2, 0) is 4.43 Å². The van der Waals surface area contributed by atoms with Gasteiger partial charge in [0.2, 0.25) is 13.3 Å². The number of rotatable bonds is 9. The van der Waals surface area contributed by atoms with Gasteiger partial charge in [0.1, 0.15) is 5.75 Å². The molecule has 0 saturated carbocycles. The van der Waals surface area contributed by atoms with Gasteiger partial charge in [0.25, 0.3) is 0 Å². The number of nitro groups is 1. The van der Waals surface area contributed by atoms with Crippen LogP contribution in [0.1, 0.15) is 45.1 Å². The number of benzene rings is 1. The number of phenolic OH excluding ortho intramolecular Hbond substituents is 1. The Kier molecular flexibility index (Phi) is 6.77. The predicted molar refractivity (Wildman–Crippen MR) is 110 cm³/mol. The molecular formula is C20H31NO6Si. The molecule has 0 aromatic heterocycles. The van der Waals surface area contributed by atoms with Crippen LogP contribution in [0.15, 0.2) is 24.8 Å². The van der Waals surface area contributed by atoms with E-state index in [0.29, 0.717) is 29.9 Å². The summed E-state index contributed by atoms with van der Waals surface area (Å²) in [7, 11) is -2.07. The van der Waals surface area contributed by atoms with Crippen molar-refractivity contribution in [2.45, 2.75) is 63.8 Å². The molecule has 1 heterocycles. The molecule has 0 fully saturated rings. The quantitative estimate of drug-likeness (QED) is 0.272. The van der Waals surface area contributed by atoms with Gasteiger partial charge >= 0.3 is 0 Å². The molecule has 1 aliphatic heterocycles. The first kappa shape index (κ1) is 22.2. The molecule has 0 radical (unpaired) electrons. The molecule has 1 N–H and O–H groups in total. The molecule has 0 bridgehead atoms. The first-order valence-corrected chi connectivity index (χ1v) is 12.4. The summed E-state index contributed by atoms with van der Waals surface area (Å²) in [5.41, 5.74) is 0.480. The van der Waals surface area contributed by atoms with Gasteiger partial charge in [0, 0.05) is 22.7 Å². The van der Waals surface area contributed by atoms with Crippen LogP contribution in [-0.4, -0.2) is 37.8 Å². The standard InChI is InChI=1S/C20H31NO6Si/c1-7-8-15(27-28(5,6)20(2,3)4)9-14(12-21(23)24)16-10-18-19(11-17(16)22)26-13-25-18/h7,10-11,14-15,22H,1,8-9,12-13H2,2-6H3/t14?,15-/m0/s1. The lowest BCUT2D eigenvalue weighted by molar-refractivity contribution is -0.483. The second-order valence-electron chi connectivity index (χ2n) is 8.74. The van der Waals surface area contributed by atoms with Crippen molar-refractivity contribution in [3.63, 3.8) is 0 Å². The Bertz CT molecular complexity index is 728. The Labute approximate surface area is 167 Å². The molecule has 7 nitrogen and oxygen atoms in total. The van der Waals surface area contributed by atoms with E-state index in [-0.39, 0.29) is 35.2 Å². The second kappa shape index (κ2) is 8.53. The Hall–Kier alpha value is -2.06. The SMILES string of the molecule is C=CC[C@@H](CC(C[N+](=O)[O-])c1cc2c(cc1O)OCO2)O[Si](C)(C)C(C)(C)C. The molecule has 1 unspecified atom stereocenters. The highest BCUT2D eigenvalue weighted by molar-refractivity contribution is 6.74. The number of aromatic hydroxyl groups is 1. The number of ether oxygens (including phenoxy) is 2. The summed E-state index contributed by atoms with van der Waals surface area (Å²) in [6, 6.07) is 3.10. The molecule has 2 atom stereocenters. The third-order valence-corrected chi connectivity index (χ3v) is 10.1. The molecule has 8 heteroatoms. The average Bonchev–Trinajstić information content (AvgIpc) is 2.98. The smallest absolute Gasteiger partial charge is 0.231 e. The maximum atomic E-state index is 11.3. The summed E-state index contributed by atoms with van der Waals surface area (Å²) in [6.45, 7) is 14.4. The van der Waals surface area contributed by atoms with E-state index in [9.17, 15) is 15.2 Å². The second-order valence-corrected chi connectivity index (χ2v) is 13.5. The van der Waals surface area contributed by atoms with Gasteiger partial charge in [-0.3, -0.25) is 10.1 Å².